The Kier molecular flexibility index (Phi) is 6.39. The van der Waals surface area contributed by atoms with E-state index in [4.69, 9.17) is 10.5 Å². The molecule has 35 heavy (non-hydrogen) atoms. The number of nitrogens with one attached hydrogen (secondary N) is 3. The van der Waals surface area contributed by atoms with Gasteiger partial charge in [-0.2, -0.15) is 0 Å². The summed E-state index contributed by atoms with van der Waals surface area (Å²) < 4.78 is 0. The number of aliphatic imine (C=N–C) groups is 1. The largest absolute Gasteiger partial charge is 0.395 e. The third-order valence-electron chi connectivity index (χ3n) is 7.70. The second-order valence-corrected chi connectivity index (χ2v) is 9.57. The number of hydrogen-bond donors (Lipinski definition) is 4. The average molecular weight is 469 g/mol. The van der Waals surface area contributed by atoms with Gasteiger partial charge in [0.25, 0.3) is 5.91 Å². The molecule has 1 fully saturated rings. The van der Waals surface area contributed by atoms with E-state index in [-0.39, 0.29) is 30.4 Å². The highest BCUT2D eigenvalue weighted by Crippen LogP contribution is 2.51. The monoisotopic (exact) mass is 468 g/mol. The summed E-state index contributed by atoms with van der Waals surface area (Å²) in [6.45, 7) is 2.26. The Labute approximate surface area is 205 Å². The molecule has 1 saturated carbocycles. The summed E-state index contributed by atoms with van der Waals surface area (Å²) in [5, 5.41) is 21.0. The number of nitrogens with zero attached hydrogens (tertiary/aromatic N) is 1. The van der Waals surface area contributed by atoms with Crippen LogP contribution in [-0.2, 0) is 5.41 Å². The number of amidine groups is 1. The van der Waals surface area contributed by atoms with E-state index >= 15 is 0 Å². The van der Waals surface area contributed by atoms with E-state index in [9.17, 15) is 4.79 Å². The quantitative estimate of drug-likeness (QED) is 0.382. The fraction of sp³-hybridized carbons (Fsp3) is 0.345. The third kappa shape index (κ3) is 4.12. The number of allylic oxidation sites excluding steroid dienone is 2. The van der Waals surface area contributed by atoms with Gasteiger partial charge in [0.05, 0.1) is 17.7 Å². The molecule has 1 aromatic heterocycles. The summed E-state index contributed by atoms with van der Waals surface area (Å²) >= 11 is 0. The molecule has 5 rings (SSSR count). The second-order valence-electron chi connectivity index (χ2n) is 9.57. The van der Waals surface area contributed by atoms with E-state index < -0.39 is 0 Å². The number of carbonyl (C=O) groups is 1. The van der Waals surface area contributed by atoms with Crippen molar-refractivity contribution in [2.24, 2.45) is 10.9 Å². The Bertz CT molecular complexity index is 1310. The maximum absolute atomic E-state index is 12.6. The van der Waals surface area contributed by atoms with Gasteiger partial charge in [-0.1, -0.05) is 55.8 Å². The summed E-state index contributed by atoms with van der Waals surface area (Å²) in [6, 6.07) is 14.6. The number of fused-ring (bicyclic) bond motifs is 1. The van der Waals surface area contributed by atoms with Crippen LogP contribution in [0.1, 0.15) is 66.1 Å². The molecule has 180 valence electrons. The van der Waals surface area contributed by atoms with Crippen LogP contribution in [0.2, 0.25) is 0 Å². The molecule has 6 heteroatoms. The molecule has 1 aliphatic heterocycles. The van der Waals surface area contributed by atoms with Crippen molar-refractivity contribution in [1.82, 2.24) is 10.3 Å². The second kappa shape index (κ2) is 9.62. The first-order valence-electron chi connectivity index (χ1n) is 12.5. The summed E-state index contributed by atoms with van der Waals surface area (Å²) in [5.74, 6) is 0.480. The van der Waals surface area contributed by atoms with Crippen LogP contribution >= 0.6 is 0 Å². The number of aromatic nitrogens is 1. The SMILES string of the molecule is CCC1CC=C(c2ccc(C3(c4c[nH]c5c(C(=O)NCCO)cccc45)CCC3)cc2)C=NC1=N. The van der Waals surface area contributed by atoms with Crippen molar-refractivity contribution in [3.63, 3.8) is 0 Å². The summed E-state index contributed by atoms with van der Waals surface area (Å²) in [6.07, 6.45) is 11.2. The molecule has 0 radical (unpaired) electrons. The van der Waals surface area contributed by atoms with Crippen molar-refractivity contribution >= 4 is 34.4 Å². The maximum Gasteiger partial charge on any atom is 0.253 e. The zero-order valence-electron chi connectivity index (χ0n) is 20.1. The zero-order valence-corrected chi connectivity index (χ0v) is 20.1. The van der Waals surface area contributed by atoms with Gasteiger partial charge >= 0.3 is 0 Å². The lowest BCUT2D eigenvalue weighted by Crippen LogP contribution is -2.35. The summed E-state index contributed by atoms with van der Waals surface area (Å²) in [7, 11) is 0. The molecule has 1 aliphatic carbocycles. The average Bonchev–Trinajstić information content (AvgIpc) is 3.19. The Morgan fingerprint density at radius 1 is 1.23 bits per heavy atom. The van der Waals surface area contributed by atoms with Crippen molar-refractivity contribution in [3.8, 4) is 0 Å². The number of rotatable bonds is 7. The molecular weight excluding hydrogens is 436 g/mol. The molecule has 0 bridgehead atoms. The van der Waals surface area contributed by atoms with Gasteiger partial charge in [-0.15, -0.1) is 0 Å². The first-order chi connectivity index (χ1) is 17.1. The van der Waals surface area contributed by atoms with Crippen LogP contribution in [0, 0.1) is 11.3 Å². The van der Waals surface area contributed by atoms with E-state index in [0.717, 1.165) is 47.7 Å². The van der Waals surface area contributed by atoms with Crippen molar-refractivity contribution < 1.29 is 9.90 Å². The minimum atomic E-state index is -0.179. The molecule has 1 amide bonds. The lowest BCUT2D eigenvalue weighted by Gasteiger charge is -2.43. The van der Waals surface area contributed by atoms with E-state index in [0.29, 0.717) is 11.4 Å². The van der Waals surface area contributed by atoms with Gasteiger partial charge in [-0.3, -0.25) is 10.2 Å². The van der Waals surface area contributed by atoms with Crippen LogP contribution in [0.25, 0.3) is 16.5 Å². The highest BCUT2D eigenvalue weighted by atomic mass is 16.3. The van der Waals surface area contributed by atoms with Gasteiger partial charge in [-0.25, -0.2) is 4.99 Å². The van der Waals surface area contributed by atoms with Crippen LogP contribution in [0.3, 0.4) is 0 Å². The molecule has 2 aromatic carbocycles. The minimum absolute atomic E-state index is 0.0711. The molecular formula is C29H32N4O2. The standard InChI is InChI=1S/C29H32N4O2/c1-2-19-7-8-21(17-33-27(19)30)20-9-11-22(12-10-20)29(13-4-14-29)25-18-32-26-23(25)5-3-6-24(26)28(35)31-15-16-34/h3,5-6,8-12,17-19,30,32,34H,2,4,7,13-16H2,1H3,(H,31,35). The topological polar surface area (TPSA) is 101 Å². The number of aliphatic hydroxyl groups is 1. The van der Waals surface area contributed by atoms with E-state index in [2.05, 4.69) is 64.8 Å². The van der Waals surface area contributed by atoms with Crippen molar-refractivity contribution in [3.05, 3.63) is 77.0 Å². The van der Waals surface area contributed by atoms with Gasteiger partial charge in [0.1, 0.15) is 5.84 Å². The highest BCUT2D eigenvalue weighted by molar-refractivity contribution is 6.14. The molecule has 0 saturated heterocycles. The third-order valence-corrected chi connectivity index (χ3v) is 7.70. The number of carbonyl (C=O) groups excluding carboxylic acids is 1. The first kappa shape index (κ1) is 23.2. The van der Waals surface area contributed by atoms with Crippen LogP contribution in [0.15, 0.2) is 59.7 Å². The number of aliphatic hydroxyl groups excluding tert-OH is 1. The smallest absolute Gasteiger partial charge is 0.253 e. The van der Waals surface area contributed by atoms with Gasteiger partial charge in [0, 0.05) is 35.7 Å². The van der Waals surface area contributed by atoms with Crippen molar-refractivity contribution in [2.45, 2.75) is 44.4 Å². The molecule has 6 nitrogen and oxygen atoms in total. The number of aromatic amines is 1. The van der Waals surface area contributed by atoms with E-state index in [1.165, 1.54) is 17.5 Å². The fourth-order valence-corrected chi connectivity index (χ4v) is 5.46. The van der Waals surface area contributed by atoms with Gasteiger partial charge in [0.2, 0.25) is 0 Å². The number of para-hydroxylation sites is 1. The van der Waals surface area contributed by atoms with Crippen LogP contribution in [-0.4, -0.2) is 41.2 Å². The minimum Gasteiger partial charge on any atom is -0.395 e. The zero-order chi connectivity index (χ0) is 24.4. The molecule has 4 N–H and O–H groups in total. The van der Waals surface area contributed by atoms with Crippen LogP contribution < -0.4 is 5.32 Å². The summed E-state index contributed by atoms with van der Waals surface area (Å²) in [4.78, 5) is 20.4. The van der Waals surface area contributed by atoms with E-state index in [1.54, 1.807) is 0 Å². The Morgan fingerprint density at radius 2 is 2.03 bits per heavy atom. The molecule has 1 unspecified atom stereocenters. The predicted octanol–water partition coefficient (Wildman–Crippen LogP) is 5.22. The number of H-pyrrole nitrogens is 1. The summed E-state index contributed by atoms with van der Waals surface area (Å²) in [5.41, 5.74) is 6.09. The fourth-order valence-electron chi connectivity index (χ4n) is 5.46. The number of hydrogen-bond acceptors (Lipinski definition) is 3. The maximum atomic E-state index is 12.6. The normalized spacial score (nSPS) is 19.2. The molecule has 1 atom stereocenters. The lowest BCUT2D eigenvalue weighted by atomic mass is 9.60. The molecule has 0 spiro atoms. The van der Waals surface area contributed by atoms with Crippen LogP contribution in [0.5, 0.6) is 0 Å². The predicted molar refractivity (Wildman–Crippen MR) is 141 cm³/mol. The Balaban J connectivity index is 1.47. The Morgan fingerprint density at radius 3 is 2.71 bits per heavy atom. The number of benzene rings is 2. The van der Waals surface area contributed by atoms with Gasteiger partial charge < -0.3 is 15.4 Å². The van der Waals surface area contributed by atoms with Gasteiger partial charge in [-0.05, 0) is 54.0 Å². The van der Waals surface area contributed by atoms with Crippen LogP contribution in [0.4, 0.5) is 0 Å². The lowest BCUT2D eigenvalue weighted by molar-refractivity contribution is 0.0946. The number of amides is 1. The molecule has 2 heterocycles. The molecule has 3 aromatic rings. The first-order valence-corrected chi connectivity index (χ1v) is 12.5. The van der Waals surface area contributed by atoms with Crippen molar-refractivity contribution in [2.75, 3.05) is 13.2 Å². The molecule has 2 aliphatic rings. The Hall–Kier alpha value is -3.51. The highest BCUT2D eigenvalue weighted by Gasteiger charge is 2.42. The van der Waals surface area contributed by atoms with Crippen molar-refractivity contribution in [1.29, 1.82) is 5.41 Å². The van der Waals surface area contributed by atoms with Gasteiger partial charge in [0.15, 0.2) is 0 Å². The van der Waals surface area contributed by atoms with E-state index in [1.807, 2.05) is 18.3 Å².